The quantitative estimate of drug-likeness (QED) is 0.797. The van der Waals surface area contributed by atoms with Gasteiger partial charge in [-0.15, -0.1) is 0 Å². The standard InChI is InChI=1S/C17H28N4O3/c1-17(4-5-19(2)12-17)13-20(3)16(22)15-10-14(24-18-15)11-21-6-8-23-9-7-21/h10H,4-9,11-13H2,1-3H3/t17-/m0/s1. The molecule has 3 rings (SSSR count). The molecule has 0 radical (unpaired) electrons. The van der Waals surface area contributed by atoms with E-state index in [1.165, 1.54) is 0 Å². The lowest BCUT2D eigenvalue weighted by molar-refractivity contribution is 0.0305. The van der Waals surface area contributed by atoms with Crippen molar-refractivity contribution < 1.29 is 14.1 Å². The molecule has 0 aromatic carbocycles. The van der Waals surface area contributed by atoms with Gasteiger partial charge in [0, 0.05) is 39.3 Å². The number of carbonyl (C=O) groups excluding carboxylic acids is 1. The van der Waals surface area contributed by atoms with E-state index in [1.807, 2.05) is 7.05 Å². The minimum absolute atomic E-state index is 0.0669. The van der Waals surface area contributed by atoms with E-state index in [0.717, 1.165) is 58.1 Å². The molecule has 0 aliphatic carbocycles. The molecule has 1 atom stereocenters. The molecule has 0 N–H and O–H groups in total. The van der Waals surface area contributed by atoms with Crippen LogP contribution in [0.25, 0.3) is 0 Å². The SMILES string of the molecule is CN1CC[C@](C)(CN(C)C(=O)c2cc(CN3CCOCC3)on2)C1. The van der Waals surface area contributed by atoms with E-state index < -0.39 is 0 Å². The van der Waals surface area contributed by atoms with Crippen molar-refractivity contribution in [3.05, 3.63) is 17.5 Å². The first-order valence-corrected chi connectivity index (χ1v) is 8.65. The maximum absolute atomic E-state index is 12.6. The first-order valence-electron chi connectivity index (χ1n) is 8.65. The average Bonchev–Trinajstić information content (AvgIpc) is 3.14. The van der Waals surface area contributed by atoms with E-state index in [0.29, 0.717) is 12.2 Å². The van der Waals surface area contributed by atoms with Crippen LogP contribution in [-0.4, -0.2) is 85.8 Å². The molecular weight excluding hydrogens is 308 g/mol. The van der Waals surface area contributed by atoms with Crippen molar-refractivity contribution >= 4 is 5.91 Å². The fraction of sp³-hybridized carbons (Fsp3) is 0.765. The third-order valence-electron chi connectivity index (χ3n) is 4.98. The molecule has 2 saturated heterocycles. The van der Waals surface area contributed by atoms with Crippen LogP contribution in [0.1, 0.15) is 29.6 Å². The zero-order valence-electron chi connectivity index (χ0n) is 15.0. The highest BCUT2D eigenvalue weighted by atomic mass is 16.5. The molecule has 0 unspecified atom stereocenters. The number of aromatic nitrogens is 1. The summed E-state index contributed by atoms with van der Waals surface area (Å²) in [4.78, 5) is 19.0. The zero-order valence-corrected chi connectivity index (χ0v) is 15.0. The summed E-state index contributed by atoms with van der Waals surface area (Å²) >= 11 is 0. The molecule has 24 heavy (non-hydrogen) atoms. The molecule has 7 heteroatoms. The van der Waals surface area contributed by atoms with Crippen molar-refractivity contribution in [2.45, 2.75) is 19.9 Å². The Morgan fingerprint density at radius 3 is 2.79 bits per heavy atom. The van der Waals surface area contributed by atoms with Crippen LogP contribution in [0.5, 0.6) is 0 Å². The predicted molar refractivity (Wildman–Crippen MR) is 89.8 cm³/mol. The Hall–Kier alpha value is -1.44. The number of likely N-dealkylation sites (tertiary alicyclic amines) is 1. The summed E-state index contributed by atoms with van der Waals surface area (Å²) < 4.78 is 10.7. The lowest BCUT2D eigenvalue weighted by atomic mass is 9.89. The Balaban J connectivity index is 1.56. The van der Waals surface area contributed by atoms with Crippen molar-refractivity contribution in [3.8, 4) is 0 Å². The van der Waals surface area contributed by atoms with Crippen LogP contribution in [-0.2, 0) is 11.3 Å². The molecule has 3 heterocycles. The Morgan fingerprint density at radius 1 is 1.38 bits per heavy atom. The minimum atomic E-state index is -0.0669. The summed E-state index contributed by atoms with van der Waals surface area (Å²) in [5, 5.41) is 3.98. The third kappa shape index (κ3) is 4.15. The molecule has 1 aromatic heterocycles. The normalized spacial score (nSPS) is 26.0. The van der Waals surface area contributed by atoms with Crippen LogP contribution in [0, 0.1) is 5.41 Å². The molecule has 7 nitrogen and oxygen atoms in total. The van der Waals surface area contributed by atoms with Gasteiger partial charge in [0.1, 0.15) is 0 Å². The second-order valence-electron chi connectivity index (χ2n) is 7.53. The number of morpholine rings is 1. The molecule has 0 saturated carbocycles. The number of hydrogen-bond donors (Lipinski definition) is 0. The molecule has 0 bridgehead atoms. The number of rotatable bonds is 5. The second-order valence-corrected chi connectivity index (χ2v) is 7.53. The Bertz CT molecular complexity index is 570. The van der Waals surface area contributed by atoms with E-state index in [1.54, 1.807) is 11.0 Å². The second kappa shape index (κ2) is 7.21. The van der Waals surface area contributed by atoms with Gasteiger partial charge in [-0.3, -0.25) is 9.69 Å². The van der Waals surface area contributed by atoms with Crippen molar-refractivity contribution in [3.63, 3.8) is 0 Å². The molecule has 134 valence electrons. The van der Waals surface area contributed by atoms with Crippen molar-refractivity contribution in [2.24, 2.45) is 5.41 Å². The van der Waals surface area contributed by atoms with Gasteiger partial charge in [0.25, 0.3) is 5.91 Å². The molecule has 1 aromatic rings. The highest BCUT2D eigenvalue weighted by Gasteiger charge is 2.34. The van der Waals surface area contributed by atoms with E-state index >= 15 is 0 Å². The Kier molecular flexibility index (Phi) is 5.22. The summed E-state index contributed by atoms with van der Waals surface area (Å²) in [6, 6.07) is 1.78. The van der Waals surface area contributed by atoms with E-state index in [-0.39, 0.29) is 11.3 Å². The van der Waals surface area contributed by atoms with Gasteiger partial charge in [0.2, 0.25) is 0 Å². The fourth-order valence-electron chi connectivity index (χ4n) is 3.71. The predicted octanol–water partition coefficient (Wildman–Crippen LogP) is 0.921. The molecule has 2 aliphatic rings. The van der Waals surface area contributed by atoms with Crippen LogP contribution in [0.3, 0.4) is 0 Å². The third-order valence-corrected chi connectivity index (χ3v) is 4.98. The van der Waals surface area contributed by atoms with Gasteiger partial charge in [-0.1, -0.05) is 12.1 Å². The summed E-state index contributed by atoms with van der Waals surface area (Å²) in [5.41, 5.74) is 0.551. The first-order chi connectivity index (χ1) is 11.5. The smallest absolute Gasteiger partial charge is 0.275 e. The van der Waals surface area contributed by atoms with Crippen molar-refractivity contribution in [1.29, 1.82) is 0 Å². The molecule has 2 fully saturated rings. The number of carbonyl (C=O) groups is 1. The van der Waals surface area contributed by atoms with E-state index in [9.17, 15) is 4.79 Å². The van der Waals surface area contributed by atoms with Crippen LogP contribution < -0.4 is 0 Å². The summed E-state index contributed by atoms with van der Waals surface area (Å²) in [6.45, 7) is 9.03. The zero-order chi connectivity index (χ0) is 17.2. The van der Waals surface area contributed by atoms with Crippen LogP contribution in [0.2, 0.25) is 0 Å². The van der Waals surface area contributed by atoms with E-state index in [2.05, 4.69) is 28.9 Å². The Morgan fingerprint density at radius 2 is 2.12 bits per heavy atom. The van der Waals surface area contributed by atoms with Crippen LogP contribution in [0.4, 0.5) is 0 Å². The highest BCUT2D eigenvalue weighted by molar-refractivity contribution is 5.92. The van der Waals surface area contributed by atoms with Gasteiger partial charge in [0.15, 0.2) is 11.5 Å². The average molecular weight is 336 g/mol. The summed E-state index contributed by atoms with van der Waals surface area (Å²) in [5.74, 6) is 0.670. The lowest BCUT2D eigenvalue weighted by Crippen LogP contribution is -2.38. The Labute approximate surface area is 143 Å². The maximum Gasteiger partial charge on any atom is 0.275 e. The van der Waals surface area contributed by atoms with Crippen molar-refractivity contribution in [1.82, 2.24) is 19.9 Å². The monoisotopic (exact) mass is 336 g/mol. The van der Waals surface area contributed by atoms with Crippen molar-refractivity contribution in [2.75, 3.05) is 60.0 Å². The lowest BCUT2D eigenvalue weighted by Gasteiger charge is -2.29. The minimum Gasteiger partial charge on any atom is -0.379 e. The maximum atomic E-state index is 12.6. The topological polar surface area (TPSA) is 62.0 Å². The largest absolute Gasteiger partial charge is 0.379 e. The van der Waals surface area contributed by atoms with Gasteiger partial charge in [-0.2, -0.15) is 0 Å². The number of nitrogens with zero attached hydrogens (tertiary/aromatic N) is 4. The van der Waals surface area contributed by atoms with Crippen LogP contribution in [0.15, 0.2) is 10.6 Å². The van der Waals surface area contributed by atoms with Gasteiger partial charge >= 0.3 is 0 Å². The number of ether oxygens (including phenoxy) is 1. The molecular formula is C17H28N4O3. The summed E-state index contributed by atoms with van der Waals surface area (Å²) in [6.07, 6.45) is 1.11. The van der Waals surface area contributed by atoms with Gasteiger partial charge in [-0.05, 0) is 25.4 Å². The molecule has 0 spiro atoms. The van der Waals surface area contributed by atoms with Gasteiger partial charge in [-0.25, -0.2) is 0 Å². The highest BCUT2D eigenvalue weighted by Crippen LogP contribution is 2.29. The van der Waals surface area contributed by atoms with Gasteiger partial charge in [0.05, 0.1) is 19.8 Å². The van der Waals surface area contributed by atoms with Gasteiger partial charge < -0.3 is 19.1 Å². The number of amides is 1. The first kappa shape index (κ1) is 17.4. The number of hydrogen-bond acceptors (Lipinski definition) is 6. The molecule has 1 amide bonds. The van der Waals surface area contributed by atoms with Crippen LogP contribution >= 0.6 is 0 Å². The summed E-state index contributed by atoms with van der Waals surface area (Å²) in [7, 11) is 3.98. The van der Waals surface area contributed by atoms with E-state index in [4.69, 9.17) is 9.26 Å². The fourth-order valence-corrected chi connectivity index (χ4v) is 3.71. The molecule has 2 aliphatic heterocycles.